The molecular weight excluding hydrogens is 424 g/mol. The molecule has 3 rings (SSSR count). The van der Waals surface area contributed by atoms with Gasteiger partial charge in [-0.3, -0.25) is 0 Å². The minimum Gasteiger partial charge on any atom is -0.490 e. The van der Waals surface area contributed by atoms with Crippen LogP contribution in [0.1, 0.15) is 18.1 Å². The van der Waals surface area contributed by atoms with Gasteiger partial charge in [0.1, 0.15) is 6.61 Å². The molecule has 0 heterocycles. The number of nitrogens with zero attached hydrogens (tertiary/aromatic N) is 1. The van der Waals surface area contributed by atoms with Crippen molar-refractivity contribution in [2.75, 3.05) is 6.61 Å². The second-order valence-electron chi connectivity index (χ2n) is 6.19. The van der Waals surface area contributed by atoms with Crippen molar-refractivity contribution in [2.45, 2.75) is 18.4 Å². The molecule has 30 heavy (non-hydrogen) atoms. The van der Waals surface area contributed by atoms with Crippen LogP contribution in [0.2, 0.25) is 5.02 Å². The van der Waals surface area contributed by atoms with E-state index < -0.39 is 10.0 Å². The Morgan fingerprint density at radius 3 is 2.43 bits per heavy atom. The van der Waals surface area contributed by atoms with Gasteiger partial charge in [-0.25, -0.2) is 4.83 Å². The largest absolute Gasteiger partial charge is 0.490 e. The standard InChI is InChI=1S/C22H21ClN2O4S/c1-2-28-22-14-17(15-24-25-30(26,27)19-9-4-3-5-10-19)12-13-21(22)29-16-18-8-6-7-11-20(18)23/h3-15,25H,2,16H2,1H3/b24-15-. The molecule has 1 N–H and O–H groups in total. The van der Waals surface area contributed by atoms with Crippen molar-refractivity contribution in [3.63, 3.8) is 0 Å². The van der Waals surface area contributed by atoms with Crippen LogP contribution in [-0.2, 0) is 16.6 Å². The zero-order chi connectivity index (χ0) is 21.4. The number of halogens is 1. The van der Waals surface area contributed by atoms with Crippen molar-refractivity contribution in [1.82, 2.24) is 4.83 Å². The highest BCUT2D eigenvalue weighted by Gasteiger charge is 2.11. The molecule has 3 aromatic carbocycles. The molecule has 3 aromatic rings. The summed E-state index contributed by atoms with van der Waals surface area (Å²) in [6.07, 6.45) is 1.40. The number of sulfonamides is 1. The van der Waals surface area contributed by atoms with Crippen LogP contribution in [0.5, 0.6) is 11.5 Å². The number of ether oxygens (including phenoxy) is 2. The lowest BCUT2D eigenvalue weighted by Crippen LogP contribution is -2.18. The van der Waals surface area contributed by atoms with E-state index in [1.807, 2.05) is 25.1 Å². The Hall–Kier alpha value is -3.03. The molecular formula is C22H21ClN2O4S. The van der Waals surface area contributed by atoms with Crippen LogP contribution < -0.4 is 14.3 Å². The normalized spacial score (nSPS) is 11.4. The monoisotopic (exact) mass is 444 g/mol. The molecule has 0 bridgehead atoms. The molecule has 0 aliphatic rings. The molecule has 0 spiro atoms. The third-order valence-corrected chi connectivity index (χ3v) is 5.66. The Bertz CT molecular complexity index is 1120. The topological polar surface area (TPSA) is 77.0 Å². The van der Waals surface area contributed by atoms with Crippen molar-refractivity contribution in [2.24, 2.45) is 5.10 Å². The fourth-order valence-corrected chi connectivity index (χ4v) is 3.59. The van der Waals surface area contributed by atoms with E-state index >= 15 is 0 Å². The molecule has 0 fully saturated rings. The second kappa shape index (κ2) is 10.1. The molecule has 0 aliphatic heterocycles. The van der Waals surface area contributed by atoms with Crippen LogP contribution in [-0.4, -0.2) is 21.2 Å². The first-order chi connectivity index (χ1) is 14.5. The molecule has 0 radical (unpaired) electrons. The van der Waals surface area contributed by atoms with Crippen molar-refractivity contribution in [3.05, 3.63) is 88.9 Å². The number of hydrazone groups is 1. The van der Waals surface area contributed by atoms with Crippen LogP contribution in [0, 0.1) is 0 Å². The van der Waals surface area contributed by atoms with E-state index in [2.05, 4.69) is 9.93 Å². The van der Waals surface area contributed by atoms with Crippen LogP contribution in [0.25, 0.3) is 0 Å². The number of hydrogen-bond acceptors (Lipinski definition) is 5. The fourth-order valence-electron chi connectivity index (χ4n) is 2.59. The van der Waals surface area contributed by atoms with Crippen molar-refractivity contribution < 1.29 is 17.9 Å². The summed E-state index contributed by atoms with van der Waals surface area (Å²) in [6, 6.07) is 20.7. The van der Waals surface area contributed by atoms with E-state index in [9.17, 15) is 8.42 Å². The highest BCUT2D eigenvalue weighted by atomic mass is 35.5. The Kier molecular flexibility index (Phi) is 7.32. The first kappa shape index (κ1) is 21.7. The molecule has 0 saturated heterocycles. The van der Waals surface area contributed by atoms with Gasteiger partial charge in [0.15, 0.2) is 11.5 Å². The highest BCUT2D eigenvalue weighted by Crippen LogP contribution is 2.29. The molecule has 8 heteroatoms. The van der Waals surface area contributed by atoms with E-state index in [0.717, 1.165) is 5.56 Å². The van der Waals surface area contributed by atoms with E-state index in [1.165, 1.54) is 18.3 Å². The lowest BCUT2D eigenvalue weighted by molar-refractivity contribution is 0.269. The molecule has 0 atom stereocenters. The third-order valence-electron chi connectivity index (χ3n) is 4.05. The summed E-state index contributed by atoms with van der Waals surface area (Å²) in [5.41, 5.74) is 1.52. The van der Waals surface area contributed by atoms with E-state index in [1.54, 1.807) is 42.5 Å². The average Bonchev–Trinajstić information content (AvgIpc) is 2.75. The van der Waals surface area contributed by atoms with Gasteiger partial charge < -0.3 is 9.47 Å². The Labute approximate surface area is 181 Å². The zero-order valence-corrected chi connectivity index (χ0v) is 17.9. The maximum absolute atomic E-state index is 12.2. The molecule has 156 valence electrons. The van der Waals surface area contributed by atoms with Gasteiger partial charge in [0.05, 0.1) is 17.7 Å². The second-order valence-corrected chi connectivity index (χ2v) is 8.25. The van der Waals surface area contributed by atoms with Gasteiger partial charge in [0, 0.05) is 10.6 Å². The quantitative estimate of drug-likeness (QED) is 0.385. The van der Waals surface area contributed by atoms with Gasteiger partial charge in [-0.1, -0.05) is 48.0 Å². The van der Waals surface area contributed by atoms with E-state index in [0.29, 0.717) is 35.3 Å². The SMILES string of the molecule is CCOc1cc(/C=N\NS(=O)(=O)c2ccccc2)ccc1OCc1ccccc1Cl. The molecule has 6 nitrogen and oxygen atoms in total. The lowest BCUT2D eigenvalue weighted by atomic mass is 10.2. The van der Waals surface area contributed by atoms with Gasteiger partial charge in [0.2, 0.25) is 0 Å². The minimum atomic E-state index is -3.72. The van der Waals surface area contributed by atoms with Crippen molar-refractivity contribution in [3.8, 4) is 11.5 Å². The minimum absolute atomic E-state index is 0.139. The zero-order valence-electron chi connectivity index (χ0n) is 16.3. The first-order valence-corrected chi connectivity index (χ1v) is 11.1. The van der Waals surface area contributed by atoms with Crippen LogP contribution in [0.4, 0.5) is 0 Å². The van der Waals surface area contributed by atoms with E-state index in [-0.39, 0.29) is 4.90 Å². The van der Waals surface area contributed by atoms with E-state index in [4.69, 9.17) is 21.1 Å². The number of rotatable bonds is 9. The fraction of sp³-hybridized carbons (Fsp3) is 0.136. The van der Waals surface area contributed by atoms with Crippen LogP contribution in [0.15, 0.2) is 82.8 Å². The maximum Gasteiger partial charge on any atom is 0.276 e. The molecule has 0 unspecified atom stereocenters. The number of nitrogens with one attached hydrogen (secondary N) is 1. The lowest BCUT2D eigenvalue weighted by Gasteiger charge is -2.13. The Morgan fingerprint density at radius 2 is 1.70 bits per heavy atom. The Morgan fingerprint density at radius 1 is 0.967 bits per heavy atom. The van der Waals surface area contributed by atoms with Crippen molar-refractivity contribution >= 4 is 27.8 Å². The van der Waals surface area contributed by atoms with Gasteiger partial charge >= 0.3 is 0 Å². The average molecular weight is 445 g/mol. The summed E-state index contributed by atoms with van der Waals surface area (Å²) in [7, 11) is -3.72. The summed E-state index contributed by atoms with van der Waals surface area (Å²) < 4.78 is 35.9. The summed E-state index contributed by atoms with van der Waals surface area (Å²) in [5.74, 6) is 1.08. The highest BCUT2D eigenvalue weighted by molar-refractivity contribution is 7.89. The smallest absolute Gasteiger partial charge is 0.276 e. The van der Waals surface area contributed by atoms with Crippen LogP contribution >= 0.6 is 11.6 Å². The summed E-state index contributed by atoms with van der Waals surface area (Å²) in [5, 5.41) is 4.48. The molecule has 0 saturated carbocycles. The van der Waals surface area contributed by atoms with Crippen molar-refractivity contribution in [1.29, 1.82) is 0 Å². The van der Waals surface area contributed by atoms with Crippen LogP contribution in [0.3, 0.4) is 0 Å². The summed E-state index contributed by atoms with van der Waals surface area (Å²) >= 11 is 6.17. The van der Waals surface area contributed by atoms with Gasteiger partial charge in [-0.15, -0.1) is 0 Å². The third kappa shape index (κ3) is 5.75. The number of hydrogen-bond donors (Lipinski definition) is 1. The first-order valence-electron chi connectivity index (χ1n) is 9.22. The predicted molar refractivity (Wildman–Crippen MR) is 118 cm³/mol. The molecule has 0 aromatic heterocycles. The molecule has 0 amide bonds. The summed E-state index contributed by atoms with van der Waals surface area (Å²) in [4.78, 5) is 2.34. The van der Waals surface area contributed by atoms with Gasteiger partial charge in [-0.05, 0) is 48.9 Å². The summed E-state index contributed by atoms with van der Waals surface area (Å²) in [6.45, 7) is 2.61. The van der Waals surface area contributed by atoms with Gasteiger partial charge in [0.25, 0.3) is 10.0 Å². The number of benzene rings is 3. The van der Waals surface area contributed by atoms with Gasteiger partial charge in [-0.2, -0.15) is 13.5 Å². The predicted octanol–water partition coefficient (Wildman–Crippen LogP) is 4.63. The molecule has 0 aliphatic carbocycles. The Balaban J connectivity index is 1.71. The maximum atomic E-state index is 12.2.